The Balaban J connectivity index is 1.67. The molecule has 184 valence electrons. The zero-order valence-electron chi connectivity index (χ0n) is 20.4. The number of benzene rings is 2. The minimum absolute atomic E-state index is 0.120. The summed E-state index contributed by atoms with van der Waals surface area (Å²) in [6.07, 6.45) is 2.59. The fraction of sp³-hybridized carbons (Fsp3) is 0.462. The maximum absolute atomic E-state index is 15.0. The van der Waals surface area contributed by atoms with Crippen molar-refractivity contribution in [2.75, 3.05) is 38.6 Å². The van der Waals surface area contributed by atoms with Gasteiger partial charge in [-0.25, -0.2) is 18.0 Å². The van der Waals surface area contributed by atoms with Crippen molar-refractivity contribution in [3.63, 3.8) is 0 Å². The summed E-state index contributed by atoms with van der Waals surface area (Å²) in [5.74, 6) is -1.90. The first kappa shape index (κ1) is 25.6. The number of hydrogen-bond donors (Lipinski definition) is 0. The first-order valence-electron chi connectivity index (χ1n) is 11.4. The zero-order valence-corrected chi connectivity index (χ0v) is 20.4. The predicted molar refractivity (Wildman–Crippen MR) is 129 cm³/mol. The second-order valence-corrected chi connectivity index (χ2v) is 9.71. The Hall–Kier alpha value is -3.03. The number of rotatable bonds is 5. The second-order valence-electron chi connectivity index (χ2n) is 9.71. The maximum Gasteiger partial charge on any atom is 0.410 e. The van der Waals surface area contributed by atoms with Crippen molar-refractivity contribution < 1.29 is 22.7 Å². The van der Waals surface area contributed by atoms with E-state index in [1.807, 2.05) is 20.8 Å². The van der Waals surface area contributed by atoms with Crippen molar-refractivity contribution in [3.8, 4) is 11.1 Å². The highest BCUT2D eigenvalue weighted by molar-refractivity contribution is 5.81. The summed E-state index contributed by atoms with van der Waals surface area (Å²) in [7, 11) is 3.22. The Bertz CT molecular complexity index is 1030. The third-order valence-corrected chi connectivity index (χ3v) is 5.78. The Morgan fingerprint density at radius 1 is 1.12 bits per heavy atom. The number of aliphatic imine (C=N–C) groups is 1. The Kier molecular flexibility index (Phi) is 7.89. The average molecular weight is 476 g/mol. The number of carbonyl (C=O) groups is 1. The standard InChI is InChI=1S/C26H32F3N3O2/c1-26(2,3)34-25(33)32-10-8-17(9-11-32)16-31(5)24-22(28)13-19(14-23(24)29)20-7-6-18(15-30-4)12-21(20)27/h6-7,12-15,17H,8-11,16H2,1-5H3. The van der Waals surface area contributed by atoms with Crippen LogP contribution in [-0.2, 0) is 4.74 Å². The van der Waals surface area contributed by atoms with Crippen LogP contribution in [0.5, 0.6) is 0 Å². The van der Waals surface area contributed by atoms with Crippen LogP contribution in [0.15, 0.2) is 35.3 Å². The molecule has 0 aromatic heterocycles. The quantitative estimate of drug-likeness (QED) is 0.506. The molecule has 8 heteroatoms. The molecule has 5 nitrogen and oxygen atoms in total. The van der Waals surface area contributed by atoms with E-state index in [1.165, 1.54) is 18.3 Å². The smallest absolute Gasteiger partial charge is 0.410 e. The van der Waals surface area contributed by atoms with Gasteiger partial charge in [-0.3, -0.25) is 4.99 Å². The second kappa shape index (κ2) is 10.5. The van der Waals surface area contributed by atoms with Gasteiger partial charge < -0.3 is 14.5 Å². The van der Waals surface area contributed by atoms with Crippen LogP contribution in [0.4, 0.5) is 23.7 Å². The van der Waals surface area contributed by atoms with Gasteiger partial charge in [-0.1, -0.05) is 12.1 Å². The lowest BCUT2D eigenvalue weighted by molar-refractivity contribution is 0.0186. The maximum atomic E-state index is 15.0. The highest BCUT2D eigenvalue weighted by atomic mass is 19.1. The molecule has 0 bridgehead atoms. The zero-order chi connectivity index (χ0) is 25.0. The Morgan fingerprint density at radius 3 is 2.26 bits per heavy atom. The van der Waals surface area contributed by atoms with Gasteiger partial charge in [-0.05, 0) is 68.9 Å². The van der Waals surface area contributed by atoms with Gasteiger partial charge in [0.15, 0.2) is 0 Å². The molecule has 1 aliphatic rings. The molecule has 1 fully saturated rings. The van der Waals surface area contributed by atoms with Gasteiger partial charge in [0.2, 0.25) is 0 Å². The van der Waals surface area contributed by atoms with Gasteiger partial charge in [0.1, 0.15) is 28.7 Å². The van der Waals surface area contributed by atoms with Crippen LogP contribution >= 0.6 is 0 Å². The molecule has 2 aromatic carbocycles. The lowest BCUT2D eigenvalue weighted by Crippen LogP contribution is -2.43. The van der Waals surface area contributed by atoms with E-state index in [0.717, 1.165) is 12.1 Å². The average Bonchev–Trinajstić information content (AvgIpc) is 2.73. The third-order valence-electron chi connectivity index (χ3n) is 5.78. The molecule has 1 amide bonds. The molecule has 34 heavy (non-hydrogen) atoms. The predicted octanol–water partition coefficient (Wildman–Crippen LogP) is 5.90. The van der Waals surface area contributed by atoms with Crippen molar-refractivity contribution in [3.05, 3.63) is 53.3 Å². The van der Waals surface area contributed by atoms with Crippen molar-refractivity contribution in [1.82, 2.24) is 4.90 Å². The van der Waals surface area contributed by atoms with E-state index in [-0.39, 0.29) is 28.8 Å². The molecule has 0 aliphatic carbocycles. The van der Waals surface area contributed by atoms with Crippen LogP contribution in [0.2, 0.25) is 0 Å². The molecular weight excluding hydrogens is 443 g/mol. The minimum atomic E-state index is -0.748. The van der Waals surface area contributed by atoms with Crippen molar-refractivity contribution in [2.45, 2.75) is 39.2 Å². The highest BCUT2D eigenvalue weighted by Crippen LogP contribution is 2.32. The van der Waals surface area contributed by atoms with E-state index in [1.54, 1.807) is 30.0 Å². The molecule has 0 unspecified atom stereocenters. The lowest BCUT2D eigenvalue weighted by Gasteiger charge is -2.35. The summed E-state index contributed by atoms with van der Waals surface area (Å²) in [6.45, 7) is 6.99. The summed E-state index contributed by atoms with van der Waals surface area (Å²) in [6, 6.07) is 6.73. The van der Waals surface area contributed by atoms with Crippen molar-refractivity contribution in [1.29, 1.82) is 0 Å². The van der Waals surface area contributed by atoms with Gasteiger partial charge in [0, 0.05) is 45.5 Å². The van der Waals surface area contributed by atoms with Gasteiger partial charge in [-0.2, -0.15) is 0 Å². The number of ether oxygens (including phenoxy) is 1. The number of nitrogens with zero attached hydrogens (tertiary/aromatic N) is 3. The normalized spacial score (nSPS) is 15.1. The van der Waals surface area contributed by atoms with E-state index >= 15 is 0 Å². The van der Waals surface area contributed by atoms with E-state index in [4.69, 9.17) is 4.74 Å². The largest absolute Gasteiger partial charge is 0.444 e. The van der Waals surface area contributed by atoms with E-state index in [9.17, 15) is 18.0 Å². The molecule has 0 radical (unpaired) electrons. The number of likely N-dealkylation sites (tertiary alicyclic amines) is 1. The van der Waals surface area contributed by atoms with Gasteiger partial charge in [0.05, 0.1) is 0 Å². The highest BCUT2D eigenvalue weighted by Gasteiger charge is 2.28. The number of halogens is 3. The molecule has 1 saturated heterocycles. The number of anilines is 1. The van der Waals surface area contributed by atoms with Crippen molar-refractivity contribution in [2.24, 2.45) is 10.9 Å². The van der Waals surface area contributed by atoms with Gasteiger partial charge in [0.25, 0.3) is 0 Å². The Labute approximate surface area is 199 Å². The molecule has 2 aromatic rings. The van der Waals surface area contributed by atoms with Gasteiger partial charge in [-0.15, -0.1) is 0 Å². The monoisotopic (exact) mass is 475 g/mol. The van der Waals surface area contributed by atoms with Crippen LogP contribution in [0, 0.1) is 23.4 Å². The van der Waals surface area contributed by atoms with Crippen LogP contribution < -0.4 is 4.90 Å². The van der Waals surface area contributed by atoms with E-state index in [0.29, 0.717) is 38.0 Å². The van der Waals surface area contributed by atoms with E-state index < -0.39 is 23.1 Å². The molecule has 0 N–H and O–H groups in total. The number of hydrogen-bond acceptors (Lipinski definition) is 4. The number of piperidine rings is 1. The third kappa shape index (κ3) is 6.30. The van der Waals surface area contributed by atoms with Crippen LogP contribution in [0.25, 0.3) is 11.1 Å². The van der Waals surface area contributed by atoms with E-state index in [2.05, 4.69) is 4.99 Å². The molecule has 3 rings (SSSR count). The molecule has 0 saturated carbocycles. The van der Waals surface area contributed by atoms with Crippen LogP contribution in [0.1, 0.15) is 39.2 Å². The first-order valence-corrected chi connectivity index (χ1v) is 11.4. The molecule has 0 spiro atoms. The lowest BCUT2D eigenvalue weighted by atomic mass is 9.96. The topological polar surface area (TPSA) is 45.1 Å². The van der Waals surface area contributed by atoms with Crippen LogP contribution in [-0.4, -0.2) is 56.5 Å². The SMILES string of the molecule is CN=Cc1ccc(-c2cc(F)c(N(C)CC3CCN(C(=O)OC(C)(C)C)CC3)c(F)c2)c(F)c1. The molecule has 1 aliphatic heterocycles. The van der Waals surface area contributed by atoms with Crippen LogP contribution in [0.3, 0.4) is 0 Å². The summed E-state index contributed by atoms with van der Waals surface area (Å²) in [5.41, 5.74) is 0.127. The Morgan fingerprint density at radius 2 is 1.74 bits per heavy atom. The van der Waals surface area contributed by atoms with Crippen molar-refractivity contribution >= 4 is 18.0 Å². The number of amides is 1. The number of carbonyl (C=O) groups excluding carboxylic acids is 1. The molecule has 0 atom stereocenters. The summed E-state index contributed by atoms with van der Waals surface area (Å²) < 4.78 is 49.9. The van der Waals surface area contributed by atoms with Gasteiger partial charge >= 0.3 is 6.09 Å². The summed E-state index contributed by atoms with van der Waals surface area (Å²) in [5, 5.41) is 0. The molecule has 1 heterocycles. The molecular formula is C26H32F3N3O2. The summed E-state index contributed by atoms with van der Waals surface area (Å²) >= 11 is 0. The summed E-state index contributed by atoms with van der Waals surface area (Å²) in [4.78, 5) is 19.3. The fourth-order valence-corrected chi connectivity index (χ4v) is 4.18. The minimum Gasteiger partial charge on any atom is -0.444 e. The first-order chi connectivity index (χ1) is 16.0. The fourth-order valence-electron chi connectivity index (χ4n) is 4.18.